The van der Waals surface area contributed by atoms with E-state index in [0.29, 0.717) is 33.1 Å². The summed E-state index contributed by atoms with van der Waals surface area (Å²) < 4.78 is 9.71. The lowest BCUT2D eigenvalue weighted by molar-refractivity contribution is 0.616. The SMILES string of the molecule is Cc1c(C=Nn2c(-c3cc4cc(Cl)ccc4o3)nc3ccccc3c2=O)c2ccccc2n1Cc1ccccc1. The van der Waals surface area contributed by atoms with Crippen molar-refractivity contribution in [3.63, 3.8) is 0 Å². The van der Waals surface area contributed by atoms with Crippen LogP contribution in [-0.2, 0) is 6.54 Å². The van der Waals surface area contributed by atoms with Gasteiger partial charge in [0.05, 0.1) is 17.1 Å². The molecular weight excluding hydrogens is 520 g/mol. The highest BCUT2D eigenvalue weighted by Gasteiger charge is 2.18. The molecule has 3 heterocycles. The summed E-state index contributed by atoms with van der Waals surface area (Å²) in [5.41, 5.74) is 5.24. The van der Waals surface area contributed by atoms with Gasteiger partial charge in [0.1, 0.15) is 5.58 Å². The number of hydrogen-bond acceptors (Lipinski definition) is 4. The summed E-state index contributed by atoms with van der Waals surface area (Å²) in [7, 11) is 0. The zero-order chi connectivity index (χ0) is 27.2. The molecule has 7 aromatic rings. The van der Waals surface area contributed by atoms with Gasteiger partial charge in [-0.3, -0.25) is 4.79 Å². The molecule has 0 bridgehead atoms. The maximum Gasteiger partial charge on any atom is 0.282 e. The standard InChI is InChI=1S/C33H23ClN4O2/c1-21-27(25-11-6-8-14-29(25)37(21)20-22-9-3-2-4-10-22)19-35-38-32(36-28-13-7-5-12-26(28)33(38)39)31-18-23-17-24(34)15-16-30(23)40-31/h2-19H,20H2,1H3. The zero-order valence-electron chi connectivity index (χ0n) is 21.6. The van der Waals surface area contributed by atoms with Gasteiger partial charge in [0, 0.05) is 39.1 Å². The van der Waals surface area contributed by atoms with E-state index in [0.717, 1.165) is 34.1 Å². The van der Waals surface area contributed by atoms with E-state index in [2.05, 4.69) is 35.8 Å². The highest BCUT2D eigenvalue weighted by atomic mass is 35.5. The van der Waals surface area contributed by atoms with Crippen molar-refractivity contribution in [3.05, 3.63) is 135 Å². The molecule has 3 aromatic heterocycles. The van der Waals surface area contributed by atoms with Crippen LogP contribution in [0.3, 0.4) is 0 Å². The Kier molecular flexibility index (Phi) is 5.83. The first-order chi connectivity index (χ1) is 19.6. The third-order valence-electron chi connectivity index (χ3n) is 7.22. The monoisotopic (exact) mass is 542 g/mol. The second-order valence-corrected chi connectivity index (χ2v) is 10.1. The zero-order valence-corrected chi connectivity index (χ0v) is 22.3. The highest BCUT2D eigenvalue weighted by Crippen LogP contribution is 2.30. The molecule has 0 radical (unpaired) electrons. The number of rotatable bonds is 5. The summed E-state index contributed by atoms with van der Waals surface area (Å²) in [5, 5.41) is 7.69. The number of hydrogen-bond donors (Lipinski definition) is 0. The number of fused-ring (bicyclic) bond motifs is 3. The molecule has 0 aliphatic carbocycles. The Hall–Kier alpha value is -4.94. The fraction of sp³-hybridized carbons (Fsp3) is 0.0606. The lowest BCUT2D eigenvalue weighted by atomic mass is 10.1. The molecule has 0 aliphatic rings. The van der Waals surface area contributed by atoms with Crippen molar-refractivity contribution in [3.8, 4) is 11.6 Å². The largest absolute Gasteiger partial charge is 0.453 e. The quantitative estimate of drug-likeness (QED) is 0.210. The van der Waals surface area contributed by atoms with Crippen LogP contribution in [0.15, 0.2) is 117 Å². The van der Waals surface area contributed by atoms with Crippen LogP contribution in [0.5, 0.6) is 0 Å². The molecule has 0 unspecified atom stereocenters. The summed E-state index contributed by atoms with van der Waals surface area (Å²) in [6.45, 7) is 2.81. The van der Waals surface area contributed by atoms with E-state index in [-0.39, 0.29) is 5.56 Å². The molecule has 0 saturated carbocycles. The van der Waals surface area contributed by atoms with Crippen LogP contribution in [-0.4, -0.2) is 20.4 Å². The third-order valence-corrected chi connectivity index (χ3v) is 7.45. The molecule has 0 N–H and O–H groups in total. The Morgan fingerprint density at radius 1 is 0.900 bits per heavy atom. The summed E-state index contributed by atoms with van der Waals surface area (Å²) >= 11 is 6.20. The van der Waals surface area contributed by atoms with Gasteiger partial charge in [-0.25, -0.2) is 4.98 Å². The molecule has 7 heteroatoms. The molecule has 194 valence electrons. The maximum absolute atomic E-state index is 13.7. The van der Waals surface area contributed by atoms with Crippen molar-refractivity contribution < 1.29 is 4.42 Å². The van der Waals surface area contributed by atoms with Crippen LogP contribution in [0, 0.1) is 6.92 Å². The lowest BCUT2D eigenvalue weighted by Crippen LogP contribution is -2.20. The molecule has 4 aromatic carbocycles. The summed E-state index contributed by atoms with van der Waals surface area (Å²) in [4.78, 5) is 18.5. The van der Waals surface area contributed by atoms with Crippen LogP contribution in [0.25, 0.3) is 44.4 Å². The Bertz CT molecular complexity index is 2140. The summed E-state index contributed by atoms with van der Waals surface area (Å²) in [5.74, 6) is 0.749. The van der Waals surface area contributed by atoms with Gasteiger partial charge in [-0.05, 0) is 55.0 Å². The third kappa shape index (κ3) is 4.10. The van der Waals surface area contributed by atoms with E-state index in [1.165, 1.54) is 10.2 Å². The fourth-order valence-electron chi connectivity index (χ4n) is 5.22. The number of aromatic nitrogens is 3. The van der Waals surface area contributed by atoms with E-state index in [4.69, 9.17) is 26.1 Å². The smallest absolute Gasteiger partial charge is 0.282 e. The normalized spacial score (nSPS) is 11.8. The Labute approximate surface area is 234 Å². The second-order valence-electron chi connectivity index (χ2n) is 9.69. The van der Waals surface area contributed by atoms with Gasteiger partial charge in [-0.1, -0.05) is 72.3 Å². The van der Waals surface area contributed by atoms with Gasteiger partial charge in [0.25, 0.3) is 5.56 Å². The molecule has 0 aliphatic heterocycles. The molecule has 40 heavy (non-hydrogen) atoms. The molecule has 0 spiro atoms. The number of benzene rings is 4. The van der Waals surface area contributed by atoms with Crippen LogP contribution in [0.1, 0.15) is 16.8 Å². The fourth-order valence-corrected chi connectivity index (χ4v) is 5.40. The van der Waals surface area contributed by atoms with Gasteiger partial charge in [0.15, 0.2) is 5.76 Å². The van der Waals surface area contributed by atoms with Crippen molar-refractivity contribution >= 4 is 50.6 Å². The maximum atomic E-state index is 13.7. The summed E-state index contributed by atoms with van der Waals surface area (Å²) in [6, 6.07) is 33.1. The van der Waals surface area contributed by atoms with Gasteiger partial charge in [-0.2, -0.15) is 9.78 Å². The van der Waals surface area contributed by atoms with Crippen molar-refractivity contribution in [2.75, 3.05) is 0 Å². The lowest BCUT2D eigenvalue weighted by Gasteiger charge is -2.09. The molecule has 0 saturated heterocycles. The van der Waals surface area contributed by atoms with Crippen molar-refractivity contribution in [2.24, 2.45) is 5.10 Å². The Morgan fingerprint density at radius 2 is 1.65 bits per heavy atom. The first-order valence-electron chi connectivity index (χ1n) is 12.9. The topological polar surface area (TPSA) is 65.3 Å². The van der Waals surface area contributed by atoms with Crippen molar-refractivity contribution in [1.29, 1.82) is 0 Å². The number of furan rings is 1. The highest BCUT2D eigenvalue weighted by molar-refractivity contribution is 6.31. The first-order valence-corrected chi connectivity index (χ1v) is 13.3. The average molecular weight is 543 g/mol. The van der Waals surface area contributed by atoms with Crippen molar-refractivity contribution in [2.45, 2.75) is 13.5 Å². The number of nitrogens with zero attached hydrogens (tertiary/aromatic N) is 4. The van der Waals surface area contributed by atoms with E-state index in [1.54, 1.807) is 24.4 Å². The molecule has 0 amide bonds. The predicted octanol–water partition coefficient (Wildman–Crippen LogP) is 7.66. The molecule has 6 nitrogen and oxygen atoms in total. The minimum atomic E-state index is -0.277. The van der Waals surface area contributed by atoms with Crippen LogP contribution in [0.2, 0.25) is 5.02 Å². The minimum absolute atomic E-state index is 0.277. The number of halogens is 1. The predicted molar refractivity (Wildman–Crippen MR) is 161 cm³/mol. The minimum Gasteiger partial charge on any atom is -0.453 e. The van der Waals surface area contributed by atoms with E-state index >= 15 is 0 Å². The van der Waals surface area contributed by atoms with Crippen molar-refractivity contribution in [1.82, 2.24) is 14.2 Å². The van der Waals surface area contributed by atoms with E-state index < -0.39 is 0 Å². The number of para-hydroxylation sites is 2. The average Bonchev–Trinajstić information content (AvgIpc) is 3.51. The molecular formula is C33H23ClN4O2. The van der Waals surface area contributed by atoms with E-state index in [1.807, 2.05) is 60.7 Å². The van der Waals surface area contributed by atoms with Crippen LogP contribution >= 0.6 is 11.6 Å². The van der Waals surface area contributed by atoms with Gasteiger partial charge >= 0.3 is 0 Å². The van der Waals surface area contributed by atoms with Gasteiger partial charge in [0.2, 0.25) is 5.82 Å². The second kappa shape index (κ2) is 9.67. The molecule has 0 atom stereocenters. The Morgan fingerprint density at radius 3 is 2.50 bits per heavy atom. The van der Waals surface area contributed by atoms with Gasteiger partial charge in [-0.15, -0.1) is 0 Å². The van der Waals surface area contributed by atoms with E-state index in [9.17, 15) is 4.79 Å². The summed E-state index contributed by atoms with van der Waals surface area (Å²) in [6.07, 6.45) is 1.75. The van der Waals surface area contributed by atoms with Gasteiger partial charge < -0.3 is 8.98 Å². The molecule has 0 fully saturated rings. The first kappa shape index (κ1) is 24.1. The molecule has 7 rings (SSSR count). The van der Waals surface area contributed by atoms with Crippen LogP contribution in [0.4, 0.5) is 0 Å². The van der Waals surface area contributed by atoms with Crippen LogP contribution < -0.4 is 5.56 Å². The Balaban J connectivity index is 1.41.